The molecule has 12 heavy (non-hydrogen) atoms. The number of nitrogens with one attached hydrogen (secondary N) is 2. The molecule has 3 N–H and O–H groups in total. The highest BCUT2D eigenvalue weighted by Gasteiger charge is 2.30. The SMILES string of the molecule is O=CC(=O)C1NCNC1CCO. The summed E-state index contributed by atoms with van der Waals surface area (Å²) in [6.07, 6.45) is 0.798. The molecule has 1 saturated heterocycles. The van der Waals surface area contributed by atoms with E-state index < -0.39 is 11.8 Å². The van der Waals surface area contributed by atoms with E-state index in [9.17, 15) is 9.59 Å². The third-order valence-electron chi connectivity index (χ3n) is 1.95. The van der Waals surface area contributed by atoms with Gasteiger partial charge in [-0.2, -0.15) is 0 Å². The van der Waals surface area contributed by atoms with Crippen molar-refractivity contribution in [3.8, 4) is 0 Å². The first kappa shape index (κ1) is 9.31. The van der Waals surface area contributed by atoms with Crippen molar-refractivity contribution in [1.82, 2.24) is 10.6 Å². The van der Waals surface area contributed by atoms with Gasteiger partial charge in [0.05, 0.1) is 6.04 Å². The summed E-state index contributed by atoms with van der Waals surface area (Å²) >= 11 is 0. The average Bonchev–Trinajstić information content (AvgIpc) is 2.52. The molecule has 1 rings (SSSR count). The first-order valence-corrected chi connectivity index (χ1v) is 3.86. The molecule has 0 radical (unpaired) electrons. The lowest BCUT2D eigenvalue weighted by Gasteiger charge is -2.13. The van der Waals surface area contributed by atoms with E-state index >= 15 is 0 Å². The van der Waals surface area contributed by atoms with E-state index in [-0.39, 0.29) is 12.6 Å². The number of aliphatic hydroxyl groups is 1. The number of hydrogen-bond donors (Lipinski definition) is 3. The van der Waals surface area contributed by atoms with Crippen molar-refractivity contribution in [2.45, 2.75) is 18.5 Å². The van der Waals surface area contributed by atoms with E-state index in [0.29, 0.717) is 19.4 Å². The third-order valence-corrected chi connectivity index (χ3v) is 1.95. The van der Waals surface area contributed by atoms with Crippen LogP contribution in [0, 0.1) is 0 Å². The van der Waals surface area contributed by atoms with Gasteiger partial charge in [-0.05, 0) is 6.42 Å². The number of aldehydes is 1. The largest absolute Gasteiger partial charge is 0.396 e. The summed E-state index contributed by atoms with van der Waals surface area (Å²) in [5.74, 6) is -0.460. The quantitative estimate of drug-likeness (QED) is 0.338. The number of carbonyl (C=O) groups is 2. The van der Waals surface area contributed by atoms with Gasteiger partial charge in [0.25, 0.3) is 0 Å². The maximum atomic E-state index is 10.9. The zero-order valence-corrected chi connectivity index (χ0v) is 6.62. The molecule has 1 fully saturated rings. The minimum absolute atomic E-state index is 0.0159. The van der Waals surface area contributed by atoms with Crippen LogP contribution in [0.15, 0.2) is 0 Å². The highest BCUT2D eigenvalue weighted by molar-refractivity contribution is 6.27. The maximum Gasteiger partial charge on any atom is 0.213 e. The molecule has 1 aliphatic heterocycles. The number of aliphatic hydroxyl groups excluding tert-OH is 1. The minimum Gasteiger partial charge on any atom is -0.396 e. The molecule has 1 aliphatic rings. The molecule has 0 aliphatic carbocycles. The van der Waals surface area contributed by atoms with Crippen LogP contribution in [0.5, 0.6) is 0 Å². The fraction of sp³-hybridized carbons (Fsp3) is 0.714. The Bertz CT molecular complexity index is 183. The van der Waals surface area contributed by atoms with Crippen LogP contribution in [0.25, 0.3) is 0 Å². The molecule has 2 unspecified atom stereocenters. The zero-order valence-electron chi connectivity index (χ0n) is 6.62. The predicted molar refractivity (Wildman–Crippen MR) is 41.5 cm³/mol. The van der Waals surface area contributed by atoms with Gasteiger partial charge in [-0.3, -0.25) is 20.2 Å². The molecule has 0 spiro atoms. The first-order chi connectivity index (χ1) is 5.79. The normalized spacial score (nSPS) is 28.8. The lowest BCUT2D eigenvalue weighted by molar-refractivity contribution is -0.131. The van der Waals surface area contributed by atoms with Gasteiger partial charge in [0.2, 0.25) is 5.78 Å². The number of hydrogen-bond acceptors (Lipinski definition) is 5. The van der Waals surface area contributed by atoms with Crippen LogP contribution in [-0.4, -0.2) is 42.5 Å². The van der Waals surface area contributed by atoms with Crippen LogP contribution in [0.2, 0.25) is 0 Å². The second-order valence-corrected chi connectivity index (χ2v) is 2.70. The molecule has 68 valence electrons. The van der Waals surface area contributed by atoms with Crippen LogP contribution in [0.4, 0.5) is 0 Å². The Labute approximate surface area is 70.1 Å². The first-order valence-electron chi connectivity index (χ1n) is 3.86. The van der Waals surface area contributed by atoms with E-state index in [0.717, 1.165) is 0 Å². The summed E-state index contributed by atoms with van der Waals surface area (Å²) in [5.41, 5.74) is 0. The van der Waals surface area contributed by atoms with E-state index in [1.54, 1.807) is 0 Å². The number of Topliss-reactive ketones (excluding diaryl/α,β-unsaturated/α-hetero) is 1. The zero-order chi connectivity index (χ0) is 8.97. The molecule has 2 atom stereocenters. The molecular formula is C7H12N2O3. The van der Waals surface area contributed by atoms with E-state index in [2.05, 4.69) is 10.6 Å². The maximum absolute atomic E-state index is 10.9. The van der Waals surface area contributed by atoms with Crippen molar-refractivity contribution in [1.29, 1.82) is 0 Å². The molecule has 0 aromatic heterocycles. The van der Waals surface area contributed by atoms with E-state index in [1.807, 2.05) is 0 Å². The smallest absolute Gasteiger partial charge is 0.213 e. The summed E-state index contributed by atoms with van der Waals surface area (Å²) in [7, 11) is 0. The highest BCUT2D eigenvalue weighted by Crippen LogP contribution is 2.03. The minimum atomic E-state index is -0.463. The second kappa shape index (κ2) is 4.30. The van der Waals surface area contributed by atoms with Crippen molar-refractivity contribution in [3.63, 3.8) is 0 Å². The summed E-state index contributed by atoms with van der Waals surface area (Å²) < 4.78 is 0. The molecule has 0 saturated carbocycles. The molecule has 0 bridgehead atoms. The van der Waals surface area contributed by atoms with Gasteiger partial charge in [0.15, 0.2) is 6.29 Å². The van der Waals surface area contributed by atoms with E-state index in [1.165, 1.54) is 0 Å². The third kappa shape index (κ3) is 1.88. The second-order valence-electron chi connectivity index (χ2n) is 2.70. The fourth-order valence-corrected chi connectivity index (χ4v) is 1.34. The van der Waals surface area contributed by atoms with E-state index in [4.69, 9.17) is 5.11 Å². The van der Waals surface area contributed by atoms with Crippen molar-refractivity contribution >= 4 is 12.1 Å². The molecule has 1 heterocycles. The number of carbonyl (C=O) groups excluding carboxylic acids is 2. The monoisotopic (exact) mass is 172 g/mol. The molecule has 0 aromatic carbocycles. The highest BCUT2D eigenvalue weighted by atomic mass is 16.3. The van der Waals surface area contributed by atoms with Crippen molar-refractivity contribution in [2.24, 2.45) is 0 Å². The predicted octanol–water partition coefficient (Wildman–Crippen LogP) is -1.98. The molecular weight excluding hydrogens is 160 g/mol. The summed E-state index contributed by atoms with van der Waals surface area (Å²) in [6, 6.07) is -0.581. The summed E-state index contributed by atoms with van der Waals surface area (Å²) in [5, 5.41) is 14.4. The van der Waals surface area contributed by atoms with Gasteiger partial charge in [-0.25, -0.2) is 0 Å². The Morgan fingerprint density at radius 3 is 2.92 bits per heavy atom. The Morgan fingerprint density at radius 2 is 2.33 bits per heavy atom. The van der Waals surface area contributed by atoms with Crippen LogP contribution in [0.1, 0.15) is 6.42 Å². The molecule has 5 heteroatoms. The van der Waals surface area contributed by atoms with Crippen LogP contribution >= 0.6 is 0 Å². The van der Waals surface area contributed by atoms with Gasteiger partial charge in [0, 0.05) is 19.3 Å². The van der Waals surface area contributed by atoms with Crippen molar-refractivity contribution in [3.05, 3.63) is 0 Å². The van der Waals surface area contributed by atoms with Crippen molar-refractivity contribution in [2.75, 3.05) is 13.3 Å². The van der Waals surface area contributed by atoms with Gasteiger partial charge in [0.1, 0.15) is 0 Å². The standard InChI is InChI=1S/C7H12N2O3/c10-2-1-5-7(6(12)3-11)9-4-8-5/h3,5,7-10H,1-2,4H2. The Morgan fingerprint density at radius 1 is 1.58 bits per heavy atom. The molecule has 0 aromatic rings. The van der Waals surface area contributed by atoms with Crippen molar-refractivity contribution < 1.29 is 14.7 Å². The Kier molecular flexibility index (Phi) is 3.33. The summed E-state index contributed by atoms with van der Waals surface area (Å²) in [6.45, 7) is 0.525. The number of ketones is 1. The average molecular weight is 172 g/mol. The lowest BCUT2D eigenvalue weighted by atomic mass is 10.0. The van der Waals surface area contributed by atoms with Gasteiger partial charge < -0.3 is 5.11 Å². The summed E-state index contributed by atoms with van der Waals surface area (Å²) in [4.78, 5) is 21.1. The Balaban J connectivity index is 2.51. The van der Waals surface area contributed by atoms with Gasteiger partial charge in [-0.15, -0.1) is 0 Å². The molecule has 5 nitrogen and oxygen atoms in total. The van der Waals surface area contributed by atoms with Gasteiger partial charge in [-0.1, -0.05) is 0 Å². The van der Waals surface area contributed by atoms with Crippen LogP contribution in [-0.2, 0) is 9.59 Å². The van der Waals surface area contributed by atoms with Crippen LogP contribution < -0.4 is 10.6 Å². The van der Waals surface area contributed by atoms with Gasteiger partial charge >= 0.3 is 0 Å². The Hall–Kier alpha value is -0.780. The lowest BCUT2D eigenvalue weighted by Crippen LogP contribution is -2.41. The van der Waals surface area contributed by atoms with Crippen LogP contribution in [0.3, 0.4) is 0 Å². The topological polar surface area (TPSA) is 78.4 Å². The molecule has 0 amide bonds. The fourth-order valence-electron chi connectivity index (χ4n) is 1.34. The number of rotatable bonds is 4.